The van der Waals surface area contributed by atoms with Crippen molar-refractivity contribution >= 4 is 23.2 Å². The molecule has 0 aliphatic rings. The molecule has 3 rings (SSSR count). The van der Waals surface area contributed by atoms with Crippen LogP contribution in [0.1, 0.15) is 24.1 Å². The number of hydrogen-bond donors (Lipinski definition) is 2. The second kappa shape index (κ2) is 9.01. The topological polar surface area (TPSA) is 98.1 Å². The standard InChI is InChI=1S/C21H23N5O3/c1-14-4-5-16(10-19(14)29-3)11-20(27)24-17-6-8-18(9-7-17)25-21(28)15(2)26-13-22-12-23-26/h4-10,12-13,15H,11H2,1-3H3,(H,24,27)(H,25,28). The number of carbonyl (C=O) groups excluding carboxylic acids is 2. The summed E-state index contributed by atoms with van der Waals surface area (Å²) in [6.45, 7) is 3.69. The molecule has 0 saturated carbocycles. The molecule has 0 bridgehead atoms. The lowest BCUT2D eigenvalue weighted by Gasteiger charge is -2.12. The zero-order chi connectivity index (χ0) is 20.8. The SMILES string of the molecule is COc1cc(CC(=O)Nc2ccc(NC(=O)C(C)n3cncn3)cc2)ccc1C. The number of benzene rings is 2. The number of aromatic nitrogens is 3. The van der Waals surface area contributed by atoms with Gasteiger partial charge in [-0.3, -0.25) is 9.59 Å². The van der Waals surface area contributed by atoms with Crippen molar-refractivity contribution in [2.75, 3.05) is 17.7 Å². The van der Waals surface area contributed by atoms with Crippen molar-refractivity contribution in [3.8, 4) is 5.75 Å². The zero-order valence-corrected chi connectivity index (χ0v) is 16.5. The van der Waals surface area contributed by atoms with E-state index in [1.807, 2.05) is 25.1 Å². The first-order valence-corrected chi connectivity index (χ1v) is 9.14. The summed E-state index contributed by atoms with van der Waals surface area (Å²) >= 11 is 0. The Morgan fingerprint density at radius 1 is 1.10 bits per heavy atom. The summed E-state index contributed by atoms with van der Waals surface area (Å²) < 4.78 is 6.77. The number of aryl methyl sites for hydroxylation is 1. The molecular formula is C21H23N5O3. The lowest BCUT2D eigenvalue weighted by Crippen LogP contribution is -2.24. The van der Waals surface area contributed by atoms with Crippen LogP contribution >= 0.6 is 0 Å². The van der Waals surface area contributed by atoms with Crippen LogP contribution in [-0.2, 0) is 16.0 Å². The van der Waals surface area contributed by atoms with Crippen LogP contribution in [0.25, 0.3) is 0 Å². The smallest absolute Gasteiger partial charge is 0.249 e. The van der Waals surface area contributed by atoms with E-state index in [1.165, 1.54) is 17.3 Å². The van der Waals surface area contributed by atoms with Gasteiger partial charge < -0.3 is 15.4 Å². The molecular weight excluding hydrogens is 370 g/mol. The number of rotatable bonds is 7. The van der Waals surface area contributed by atoms with Crippen molar-refractivity contribution in [3.63, 3.8) is 0 Å². The van der Waals surface area contributed by atoms with Gasteiger partial charge in [-0.15, -0.1) is 0 Å². The van der Waals surface area contributed by atoms with Crippen LogP contribution in [0.15, 0.2) is 55.1 Å². The first kappa shape index (κ1) is 20.1. The largest absolute Gasteiger partial charge is 0.496 e. The van der Waals surface area contributed by atoms with Crippen LogP contribution in [0.3, 0.4) is 0 Å². The molecule has 1 aromatic heterocycles. The number of nitrogens with zero attached hydrogens (tertiary/aromatic N) is 3. The fraction of sp³-hybridized carbons (Fsp3) is 0.238. The first-order chi connectivity index (χ1) is 14.0. The van der Waals surface area contributed by atoms with Gasteiger partial charge in [-0.05, 0) is 55.3 Å². The Morgan fingerprint density at radius 3 is 2.41 bits per heavy atom. The highest BCUT2D eigenvalue weighted by molar-refractivity contribution is 5.95. The maximum absolute atomic E-state index is 12.3. The fourth-order valence-corrected chi connectivity index (χ4v) is 2.79. The van der Waals surface area contributed by atoms with Crippen molar-refractivity contribution < 1.29 is 14.3 Å². The first-order valence-electron chi connectivity index (χ1n) is 9.14. The molecule has 29 heavy (non-hydrogen) atoms. The second-order valence-electron chi connectivity index (χ2n) is 6.65. The van der Waals surface area contributed by atoms with E-state index in [0.717, 1.165) is 16.9 Å². The van der Waals surface area contributed by atoms with Gasteiger partial charge >= 0.3 is 0 Å². The molecule has 0 saturated heterocycles. The van der Waals surface area contributed by atoms with Gasteiger partial charge in [0.05, 0.1) is 13.5 Å². The average Bonchev–Trinajstić information content (AvgIpc) is 3.25. The van der Waals surface area contributed by atoms with E-state index >= 15 is 0 Å². The molecule has 8 nitrogen and oxygen atoms in total. The van der Waals surface area contributed by atoms with Crippen LogP contribution in [0, 0.1) is 6.92 Å². The summed E-state index contributed by atoms with van der Waals surface area (Å²) in [6.07, 6.45) is 3.12. The van der Waals surface area contributed by atoms with Gasteiger partial charge in [0.15, 0.2) is 0 Å². The monoisotopic (exact) mass is 393 g/mol. The lowest BCUT2D eigenvalue weighted by molar-refractivity contribution is -0.119. The Labute approximate surface area is 168 Å². The van der Waals surface area contributed by atoms with Gasteiger partial charge in [0, 0.05) is 11.4 Å². The maximum atomic E-state index is 12.3. The highest BCUT2D eigenvalue weighted by Gasteiger charge is 2.15. The Balaban J connectivity index is 1.56. The van der Waals surface area contributed by atoms with Crippen LogP contribution in [0.4, 0.5) is 11.4 Å². The predicted octanol–water partition coefficient (Wildman–Crippen LogP) is 2.98. The normalized spacial score (nSPS) is 11.6. The molecule has 0 aliphatic heterocycles. The molecule has 2 aromatic carbocycles. The number of ether oxygens (including phenoxy) is 1. The van der Waals surface area contributed by atoms with Crippen LogP contribution < -0.4 is 15.4 Å². The van der Waals surface area contributed by atoms with Gasteiger partial charge in [-0.25, -0.2) is 9.67 Å². The number of anilines is 2. The van der Waals surface area contributed by atoms with Crippen molar-refractivity contribution in [1.82, 2.24) is 14.8 Å². The minimum atomic E-state index is -0.483. The highest BCUT2D eigenvalue weighted by atomic mass is 16.5. The van der Waals surface area contributed by atoms with Crippen LogP contribution in [-0.4, -0.2) is 33.7 Å². The Bertz CT molecular complexity index is 984. The third kappa shape index (κ3) is 5.19. The minimum Gasteiger partial charge on any atom is -0.496 e. The van der Waals surface area contributed by atoms with E-state index in [2.05, 4.69) is 20.7 Å². The number of amides is 2. The summed E-state index contributed by atoms with van der Waals surface area (Å²) in [5.74, 6) is 0.420. The van der Waals surface area contributed by atoms with Crippen molar-refractivity contribution in [2.24, 2.45) is 0 Å². The molecule has 0 aliphatic carbocycles. The third-order valence-corrected chi connectivity index (χ3v) is 4.49. The second-order valence-corrected chi connectivity index (χ2v) is 6.65. The molecule has 3 aromatic rings. The van der Waals surface area contributed by atoms with Gasteiger partial charge in [-0.1, -0.05) is 12.1 Å². The summed E-state index contributed by atoms with van der Waals surface area (Å²) in [5.41, 5.74) is 3.17. The van der Waals surface area contributed by atoms with E-state index in [9.17, 15) is 9.59 Å². The number of carbonyl (C=O) groups is 2. The van der Waals surface area contributed by atoms with E-state index < -0.39 is 6.04 Å². The molecule has 0 spiro atoms. The van der Waals surface area contributed by atoms with Crippen molar-refractivity contribution in [3.05, 3.63) is 66.2 Å². The molecule has 0 radical (unpaired) electrons. The Kier molecular flexibility index (Phi) is 6.23. The van der Waals surface area contributed by atoms with E-state index in [-0.39, 0.29) is 18.2 Å². The van der Waals surface area contributed by atoms with E-state index in [4.69, 9.17) is 4.74 Å². The molecule has 1 atom stereocenters. The molecule has 1 unspecified atom stereocenters. The fourth-order valence-electron chi connectivity index (χ4n) is 2.79. The maximum Gasteiger partial charge on any atom is 0.249 e. The quantitative estimate of drug-likeness (QED) is 0.643. The lowest BCUT2D eigenvalue weighted by atomic mass is 10.1. The Morgan fingerprint density at radius 2 is 1.79 bits per heavy atom. The third-order valence-electron chi connectivity index (χ3n) is 4.49. The molecule has 2 N–H and O–H groups in total. The average molecular weight is 393 g/mol. The molecule has 1 heterocycles. The predicted molar refractivity (Wildman–Crippen MR) is 110 cm³/mol. The summed E-state index contributed by atoms with van der Waals surface area (Å²) in [6, 6.07) is 12.2. The van der Waals surface area contributed by atoms with Gasteiger partial charge in [0.2, 0.25) is 11.8 Å². The molecule has 150 valence electrons. The van der Waals surface area contributed by atoms with Gasteiger partial charge in [-0.2, -0.15) is 5.10 Å². The number of nitrogens with one attached hydrogen (secondary N) is 2. The highest BCUT2D eigenvalue weighted by Crippen LogP contribution is 2.20. The van der Waals surface area contributed by atoms with Gasteiger partial charge in [0.1, 0.15) is 24.4 Å². The summed E-state index contributed by atoms with van der Waals surface area (Å²) in [5, 5.41) is 9.63. The Hall–Kier alpha value is -3.68. The summed E-state index contributed by atoms with van der Waals surface area (Å²) in [7, 11) is 1.61. The molecule has 0 fully saturated rings. The molecule has 2 amide bonds. The van der Waals surface area contributed by atoms with Crippen molar-refractivity contribution in [2.45, 2.75) is 26.3 Å². The van der Waals surface area contributed by atoms with Crippen molar-refractivity contribution in [1.29, 1.82) is 0 Å². The van der Waals surface area contributed by atoms with Gasteiger partial charge in [0.25, 0.3) is 0 Å². The zero-order valence-electron chi connectivity index (χ0n) is 16.5. The minimum absolute atomic E-state index is 0.132. The van der Waals surface area contributed by atoms with E-state index in [1.54, 1.807) is 38.3 Å². The number of hydrogen-bond acceptors (Lipinski definition) is 5. The van der Waals surface area contributed by atoms with Crippen LogP contribution in [0.5, 0.6) is 5.75 Å². The molecule has 8 heteroatoms. The summed E-state index contributed by atoms with van der Waals surface area (Å²) in [4.78, 5) is 28.4. The number of methoxy groups -OCH3 is 1. The van der Waals surface area contributed by atoms with Crippen LogP contribution in [0.2, 0.25) is 0 Å². The van der Waals surface area contributed by atoms with E-state index in [0.29, 0.717) is 11.4 Å².